The summed E-state index contributed by atoms with van der Waals surface area (Å²) in [7, 11) is 0. The first-order chi connectivity index (χ1) is 17.6. The van der Waals surface area contributed by atoms with E-state index in [1.807, 2.05) is 53.2 Å². The number of amides is 1. The highest BCUT2D eigenvalue weighted by Crippen LogP contribution is 2.30. The number of H-pyrrole nitrogens is 1. The molecule has 8 nitrogen and oxygen atoms in total. The van der Waals surface area contributed by atoms with Crippen LogP contribution in [0.5, 0.6) is 0 Å². The van der Waals surface area contributed by atoms with Gasteiger partial charge in [0.25, 0.3) is 11.5 Å². The molecule has 6 rings (SSSR count). The minimum atomic E-state index is -0.126. The number of carbonyl (C=O) groups excluding carboxylic acids is 1. The summed E-state index contributed by atoms with van der Waals surface area (Å²) in [4.78, 5) is 37.9. The van der Waals surface area contributed by atoms with Crippen molar-refractivity contribution in [2.45, 2.75) is 45.7 Å². The molecule has 1 aliphatic carbocycles. The third kappa shape index (κ3) is 4.30. The zero-order valence-corrected chi connectivity index (χ0v) is 20.7. The second-order valence-electron chi connectivity index (χ2n) is 10.3. The molecule has 4 aromatic rings. The summed E-state index contributed by atoms with van der Waals surface area (Å²) in [6, 6.07) is 7.99. The number of fused-ring (bicyclic) bond motifs is 3. The fourth-order valence-electron chi connectivity index (χ4n) is 5.86. The van der Waals surface area contributed by atoms with Crippen LogP contribution >= 0.6 is 0 Å². The van der Waals surface area contributed by atoms with Crippen LogP contribution in [-0.2, 0) is 13.1 Å². The maximum absolute atomic E-state index is 13.6. The van der Waals surface area contributed by atoms with E-state index in [1.54, 1.807) is 6.20 Å². The molecule has 2 aliphatic rings. The van der Waals surface area contributed by atoms with Gasteiger partial charge in [0.2, 0.25) is 0 Å². The number of aromatic nitrogens is 4. The van der Waals surface area contributed by atoms with Crippen LogP contribution in [0.15, 0.2) is 47.7 Å². The molecular formula is C28H32N6O2. The van der Waals surface area contributed by atoms with Crippen molar-refractivity contribution in [1.29, 1.82) is 0 Å². The monoisotopic (exact) mass is 484 g/mol. The van der Waals surface area contributed by atoms with E-state index in [-0.39, 0.29) is 11.5 Å². The van der Waals surface area contributed by atoms with Gasteiger partial charge >= 0.3 is 0 Å². The highest BCUT2D eigenvalue weighted by molar-refractivity contribution is 6.07. The summed E-state index contributed by atoms with van der Waals surface area (Å²) in [6.45, 7) is 6.71. The summed E-state index contributed by atoms with van der Waals surface area (Å²) in [5, 5.41) is 6.08. The van der Waals surface area contributed by atoms with Gasteiger partial charge in [-0.3, -0.25) is 24.2 Å². The van der Waals surface area contributed by atoms with E-state index in [0.717, 1.165) is 48.2 Å². The number of pyridine rings is 2. The van der Waals surface area contributed by atoms with Crippen LogP contribution in [0, 0.1) is 12.8 Å². The number of rotatable bonds is 5. The fraction of sp³-hybridized carbons (Fsp3) is 0.429. The van der Waals surface area contributed by atoms with Crippen LogP contribution in [0.4, 0.5) is 0 Å². The normalized spacial score (nSPS) is 17.4. The quantitative estimate of drug-likeness (QED) is 0.466. The molecular weight excluding hydrogens is 452 g/mol. The largest absolute Gasteiger partial charge is 0.336 e. The van der Waals surface area contributed by atoms with Crippen LogP contribution < -0.4 is 5.56 Å². The predicted octanol–water partition coefficient (Wildman–Crippen LogP) is 3.73. The van der Waals surface area contributed by atoms with Crippen LogP contribution in [0.3, 0.4) is 0 Å². The molecule has 36 heavy (non-hydrogen) atoms. The van der Waals surface area contributed by atoms with Gasteiger partial charge in [0.05, 0.1) is 22.6 Å². The Morgan fingerprint density at radius 1 is 1.06 bits per heavy atom. The number of nitrogens with one attached hydrogen (secondary N) is 1. The average Bonchev–Trinajstić information content (AvgIpc) is 3.56. The molecule has 1 aliphatic heterocycles. The number of benzene rings is 1. The molecule has 0 unspecified atom stereocenters. The number of hydrogen-bond acceptors (Lipinski definition) is 5. The zero-order chi connectivity index (χ0) is 24.6. The second-order valence-corrected chi connectivity index (χ2v) is 10.3. The van der Waals surface area contributed by atoms with Gasteiger partial charge in [0.15, 0.2) is 0 Å². The fourth-order valence-corrected chi connectivity index (χ4v) is 5.86. The molecule has 1 saturated carbocycles. The van der Waals surface area contributed by atoms with Crippen molar-refractivity contribution in [3.8, 4) is 0 Å². The molecule has 8 heteroatoms. The van der Waals surface area contributed by atoms with Gasteiger partial charge in [-0.15, -0.1) is 0 Å². The molecule has 0 bridgehead atoms. The molecule has 0 atom stereocenters. The van der Waals surface area contributed by atoms with Crippen LogP contribution in [0.2, 0.25) is 0 Å². The van der Waals surface area contributed by atoms with Crippen molar-refractivity contribution in [3.05, 3.63) is 69.9 Å². The van der Waals surface area contributed by atoms with E-state index in [4.69, 9.17) is 0 Å². The van der Waals surface area contributed by atoms with Gasteiger partial charge in [-0.2, -0.15) is 5.10 Å². The Morgan fingerprint density at radius 3 is 2.56 bits per heavy atom. The molecule has 1 aromatic carbocycles. The smallest absolute Gasteiger partial charge is 0.259 e. The second kappa shape index (κ2) is 9.50. The van der Waals surface area contributed by atoms with Crippen LogP contribution in [0.25, 0.3) is 21.8 Å². The van der Waals surface area contributed by atoms with E-state index in [1.165, 1.54) is 31.2 Å². The van der Waals surface area contributed by atoms with Gasteiger partial charge in [0, 0.05) is 62.6 Å². The van der Waals surface area contributed by atoms with Crippen molar-refractivity contribution in [1.82, 2.24) is 29.5 Å². The number of hydrogen-bond donors (Lipinski definition) is 1. The lowest BCUT2D eigenvalue weighted by molar-refractivity contribution is 0.0628. The Morgan fingerprint density at radius 2 is 1.81 bits per heavy atom. The summed E-state index contributed by atoms with van der Waals surface area (Å²) in [6.07, 6.45) is 10.3. The molecule has 1 saturated heterocycles. The summed E-state index contributed by atoms with van der Waals surface area (Å²) in [5.74, 6) is 0.650. The Kier molecular flexibility index (Phi) is 6.05. The van der Waals surface area contributed by atoms with Crippen molar-refractivity contribution >= 4 is 27.7 Å². The molecule has 4 heterocycles. The number of piperazine rings is 1. The first-order valence-electron chi connectivity index (χ1n) is 13.0. The molecule has 3 aromatic heterocycles. The summed E-state index contributed by atoms with van der Waals surface area (Å²) in [5.41, 5.74) is 4.30. The Labute approximate surface area is 209 Å². The van der Waals surface area contributed by atoms with E-state index < -0.39 is 0 Å². The highest BCUT2D eigenvalue weighted by Gasteiger charge is 2.25. The minimum Gasteiger partial charge on any atom is -0.336 e. The SMILES string of the molecule is Cc1cc2[nH]c(=O)c3cnn(CC4CCCC4)c3c2cc1C(=O)N1CCN(Cc2ccncc2)CC1. The molecule has 0 radical (unpaired) electrons. The van der Waals surface area contributed by atoms with E-state index in [2.05, 4.69) is 20.0 Å². The number of aromatic amines is 1. The van der Waals surface area contributed by atoms with E-state index >= 15 is 0 Å². The van der Waals surface area contributed by atoms with E-state index in [0.29, 0.717) is 30.0 Å². The molecule has 2 fully saturated rings. The third-order valence-electron chi connectivity index (χ3n) is 7.90. The maximum atomic E-state index is 13.6. The van der Waals surface area contributed by atoms with Gasteiger partial charge in [-0.25, -0.2) is 0 Å². The Balaban J connectivity index is 1.28. The number of aryl methyl sites for hydroxylation is 1. The third-order valence-corrected chi connectivity index (χ3v) is 7.90. The van der Waals surface area contributed by atoms with E-state index in [9.17, 15) is 9.59 Å². The first-order valence-corrected chi connectivity index (χ1v) is 13.0. The Hall–Kier alpha value is -3.52. The van der Waals surface area contributed by atoms with Crippen molar-refractivity contribution in [3.63, 3.8) is 0 Å². The zero-order valence-electron chi connectivity index (χ0n) is 20.7. The molecule has 1 N–H and O–H groups in total. The lowest BCUT2D eigenvalue weighted by atomic mass is 10.0. The number of carbonyl (C=O) groups is 1. The van der Waals surface area contributed by atoms with Gasteiger partial charge in [-0.1, -0.05) is 12.8 Å². The van der Waals surface area contributed by atoms with Crippen LogP contribution in [0.1, 0.15) is 47.2 Å². The predicted molar refractivity (Wildman–Crippen MR) is 140 cm³/mol. The molecule has 1 amide bonds. The average molecular weight is 485 g/mol. The topological polar surface area (TPSA) is 87.1 Å². The minimum absolute atomic E-state index is 0.0548. The lowest BCUT2D eigenvalue weighted by Crippen LogP contribution is -2.48. The standard InChI is InChI=1S/C28H32N6O2/c1-19-14-25-23(26-24(27(35)31-25)16-30-34(26)18-20-4-2-3-5-20)15-22(19)28(36)33-12-10-32(11-13-33)17-21-6-8-29-9-7-21/h6-9,14-16,20H,2-5,10-13,17-18H2,1H3,(H,31,35). The lowest BCUT2D eigenvalue weighted by Gasteiger charge is -2.35. The van der Waals surface area contributed by atoms with Gasteiger partial charge in [0.1, 0.15) is 0 Å². The maximum Gasteiger partial charge on any atom is 0.259 e. The van der Waals surface area contributed by atoms with Gasteiger partial charge in [-0.05, 0) is 61.1 Å². The number of nitrogens with zero attached hydrogens (tertiary/aromatic N) is 5. The highest BCUT2D eigenvalue weighted by atomic mass is 16.2. The van der Waals surface area contributed by atoms with Gasteiger partial charge < -0.3 is 9.88 Å². The van der Waals surface area contributed by atoms with Crippen molar-refractivity contribution in [2.24, 2.45) is 5.92 Å². The summed E-state index contributed by atoms with van der Waals surface area (Å²) >= 11 is 0. The van der Waals surface area contributed by atoms with Crippen LogP contribution in [-0.4, -0.2) is 61.6 Å². The first kappa shape index (κ1) is 22.9. The molecule has 0 spiro atoms. The molecule has 186 valence electrons. The van der Waals surface area contributed by atoms with Crippen molar-refractivity contribution in [2.75, 3.05) is 26.2 Å². The summed E-state index contributed by atoms with van der Waals surface area (Å²) < 4.78 is 1.99. The Bertz CT molecular complexity index is 1460. The van der Waals surface area contributed by atoms with Crippen molar-refractivity contribution < 1.29 is 4.79 Å².